The van der Waals surface area contributed by atoms with Crippen molar-refractivity contribution in [3.05, 3.63) is 70.1 Å². The average molecular weight is 459 g/mol. The first kappa shape index (κ1) is 23.5. The summed E-state index contributed by atoms with van der Waals surface area (Å²) in [4.78, 5) is 49.2. The number of fused-ring (bicyclic) bond motifs is 1. The maximum absolute atomic E-state index is 12.6. The molecule has 33 heavy (non-hydrogen) atoms. The molecule has 0 fully saturated rings. The normalized spacial score (nSPS) is 10.8. The molecule has 0 spiro atoms. The van der Waals surface area contributed by atoms with E-state index >= 15 is 0 Å². The summed E-state index contributed by atoms with van der Waals surface area (Å²) in [5.74, 6) is -2.81. The maximum atomic E-state index is 12.6. The molecule has 0 aliphatic heterocycles. The summed E-state index contributed by atoms with van der Waals surface area (Å²) in [6.45, 7) is -1.64. The number of aryl methyl sites for hydroxylation is 1. The van der Waals surface area contributed by atoms with E-state index in [9.17, 15) is 28.0 Å². The minimum atomic E-state index is -3.01. The van der Waals surface area contributed by atoms with Gasteiger partial charge < -0.3 is 9.47 Å². The Labute approximate surface area is 185 Å². The molecule has 1 aromatic heterocycles. The number of alkyl halides is 2. The Morgan fingerprint density at radius 3 is 2.36 bits per heavy atom. The van der Waals surface area contributed by atoms with Gasteiger partial charge in [-0.2, -0.15) is 13.9 Å². The summed E-state index contributed by atoms with van der Waals surface area (Å²) in [7, 11) is 0. The third-order valence-corrected chi connectivity index (χ3v) is 4.43. The molecule has 0 bridgehead atoms. The maximum Gasteiger partial charge on any atom is 0.387 e. The SMILES string of the molecule is CCCn1nc(C(=O)OCC(=O)NC(=O)c2ccc(OC(F)F)cc2)c2ccccc2c1=O. The minimum Gasteiger partial charge on any atom is -0.451 e. The Morgan fingerprint density at radius 2 is 1.73 bits per heavy atom. The number of halogens is 2. The molecule has 11 heteroatoms. The molecule has 172 valence electrons. The van der Waals surface area contributed by atoms with Crippen LogP contribution in [0.4, 0.5) is 8.78 Å². The second kappa shape index (κ2) is 10.4. The van der Waals surface area contributed by atoms with Crippen LogP contribution in [-0.4, -0.2) is 40.8 Å². The summed E-state index contributed by atoms with van der Waals surface area (Å²) in [5.41, 5.74) is -0.472. The van der Waals surface area contributed by atoms with Crippen LogP contribution in [0.1, 0.15) is 34.2 Å². The number of ether oxygens (including phenoxy) is 2. The number of imide groups is 1. The lowest BCUT2D eigenvalue weighted by atomic mass is 10.1. The summed E-state index contributed by atoms with van der Waals surface area (Å²) in [6.07, 6.45) is 0.611. The highest BCUT2D eigenvalue weighted by Crippen LogP contribution is 2.16. The summed E-state index contributed by atoms with van der Waals surface area (Å²) < 4.78 is 34.7. The fourth-order valence-corrected chi connectivity index (χ4v) is 2.97. The van der Waals surface area contributed by atoms with E-state index in [0.717, 1.165) is 16.8 Å². The number of nitrogens with zero attached hydrogens (tertiary/aromatic N) is 2. The van der Waals surface area contributed by atoms with Crippen molar-refractivity contribution >= 4 is 28.6 Å². The van der Waals surface area contributed by atoms with Crippen molar-refractivity contribution in [3.63, 3.8) is 0 Å². The standard InChI is InChI=1S/C22H19F2N3O6/c1-2-11-27-20(30)16-6-4-3-5-15(16)18(26-27)21(31)32-12-17(28)25-19(29)13-7-9-14(10-8-13)33-22(23)24/h3-10,22H,2,11-12H2,1H3,(H,25,28,29). The zero-order valence-electron chi connectivity index (χ0n) is 17.4. The predicted molar refractivity (Wildman–Crippen MR) is 112 cm³/mol. The molecule has 0 saturated carbocycles. The van der Waals surface area contributed by atoms with Crippen LogP contribution < -0.4 is 15.6 Å². The first-order valence-corrected chi connectivity index (χ1v) is 9.86. The zero-order chi connectivity index (χ0) is 24.0. The molecule has 2 amide bonds. The van der Waals surface area contributed by atoms with Crippen LogP contribution in [0.2, 0.25) is 0 Å². The Hall–Kier alpha value is -4.15. The molecule has 2 aromatic carbocycles. The van der Waals surface area contributed by atoms with Gasteiger partial charge in [-0.25, -0.2) is 9.48 Å². The number of esters is 1. The van der Waals surface area contributed by atoms with Gasteiger partial charge in [-0.05, 0) is 36.8 Å². The van der Waals surface area contributed by atoms with E-state index < -0.39 is 31.0 Å². The van der Waals surface area contributed by atoms with E-state index in [1.165, 1.54) is 12.1 Å². The molecule has 3 rings (SSSR count). The fraction of sp³-hybridized carbons (Fsp3) is 0.227. The number of aromatic nitrogens is 2. The minimum absolute atomic E-state index is 0.00981. The highest BCUT2D eigenvalue weighted by atomic mass is 19.3. The molecule has 0 aliphatic rings. The fourth-order valence-electron chi connectivity index (χ4n) is 2.97. The van der Waals surface area contributed by atoms with Crippen LogP contribution in [0, 0.1) is 0 Å². The van der Waals surface area contributed by atoms with Crippen molar-refractivity contribution in [3.8, 4) is 5.75 Å². The lowest BCUT2D eigenvalue weighted by molar-refractivity contribution is -0.123. The van der Waals surface area contributed by atoms with Crippen LogP contribution >= 0.6 is 0 Å². The van der Waals surface area contributed by atoms with E-state index in [1.807, 2.05) is 12.2 Å². The predicted octanol–water partition coefficient (Wildman–Crippen LogP) is 2.52. The Morgan fingerprint density at radius 1 is 1.06 bits per heavy atom. The second-order valence-corrected chi connectivity index (χ2v) is 6.78. The number of hydrogen-bond donors (Lipinski definition) is 1. The second-order valence-electron chi connectivity index (χ2n) is 6.78. The summed E-state index contributed by atoms with van der Waals surface area (Å²) >= 11 is 0. The monoisotopic (exact) mass is 459 g/mol. The van der Waals surface area contributed by atoms with E-state index in [0.29, 0.717) is 13.0 Å². The first-order chi connectivity index (χ1) is 15.8. The van der Waals surface area contributed by atoms with Crippen LogP contribution in [0.3, 0.4) is 0 Å². The Kier molecular flexibility index (Phi) is 7.44. The summed E-state index contributed by atoms with van der Waals surface area (Å²) in [5, 5.41) is 6.66. The summed E-state index contributed by atoms with van der Waals surface area (Å²) in [6, 6.07) is 11.1. The molecule has 3 aromatic rings. The van der Waals surface area contributed by atoms with Crippen LogP contribution in [-0.2, 0) is 16.1 Å². The molecule has 0 atom stereocenters. The number of benzene rings is 2. The van der Waals surface area contributed by atoms with E-state index in [1.54, 1.807) is 24.3 Å². The molecule has 0 saturated heterocycles. The van der Waals surface area contributed by atoms with Crippen molar-refractivity contribution < 1.29 is 32.6 Å². The highest BCUT2D eigenvalue weighted by molar-refractivity contribution is 6.06. The van der Waals surface area contributed by atoms with Gasteiger partial charge in [-0.15, -0.1) is 0 Å². The molecule has 1 N–H and O–H groups in total. The highest BCUT2D eigenvalue weighted by Gasteiger charge is 2.20. The van der Waals surface area contributed by atoms with Crippen LogP contribution in [0.25, 0.3) is 10.8 Å². The van der Waals surface area contributed by atoms with Gasteiger partial charge in [-0.3, -0.25) is 19.7 Å². The topological polar surface area (TPSA) is 117 Å². The largest absolute Gasteiger partial charge is 0.451 e. The van der Waals surface area contributed by atoms with E-state index in [4.69, 9.17) is 4.74 Å². The quantitative estimate of drug-likeness (QED) is 0.515. The van der Waals surface area contributed by atoms with Gasteiger partial charge in [0.05, 0.1) is 5.39 Å². The van der Waals surface area contributed by atoms with Gasteiger partial charge in [0.1, 0.15) is 5.75 Å². The number of amides is 2. The number of hydrogen-bond acceptors (Lipinski definition) is 7. The van der Waals surface area contributed by atoms with Gasteiger partial charge in [-0.1, -0.05) is 25.1 Å². The molecule has 1 heterocycles. The molecule has 0 aliphatic carbocycles. The van der Waals surface area contributed by atoms with E-state index in [2.05, 4.69) is 9.84 Å². The van der Waals surface area contributed by atoms with Gasteiger partial charge in [0, 0.05) is 17.5 Å². The van der Waals surface area contributed by atoms with Gasteiger partial charge in [0.2, 0.25) is 0 Å². The van der Waals surface area contributed by atoms with Gasteiger partial charge >= 0.3 is 12.6 Å². The lowest BCUT2D eigenvalue weighted by Gasteiger charge is -2.10. The van der Waals surface area contributed by atoms with Crippen molar-refractivity contribution in [1.29, 1.82) is 0 Å². The molecule has 0 unspecified atom stereocenters. The first-order valence-electron chi connectivity index (χ1n) is 9.86. The Balaban J connectivity index is 1.66. The lowest BCUT2D eigenvalue weighted by Crippen LogP contribution is -2.34. The zero-order valence-corrected chi connectivity index (χ0v) is 17.4. The van der Waals surface area contributed by atoms with Gasteiger partial charge in [0.25, 0.3) is 17.4 Å². The molecular weight excluding hydrogens is 440 g/mol. The Bertz CT molecular complexity index is 1240. The smallest absolute Gasteiger partial charge is 0.387 e. The van der Waals surface area contributed by atoms with Crippen molar-refractivity contribution in [2.75, 3.05) is 6.61 Å². The van der Waals surface area contributed by atoms with Crippen LogP contribution in [0.15, 0.2) is 53.3 Å². The third kappa shape index (κ3) is 5.76. The third-order valence-electron chi connectivity index (χ3n) is 4.43. The number of nitrogens with one attached hydrogen (secondary N) is 1. The molecular formula is C22H19F2N3O6. The number of carbonyl (C=O) groups excluding carboxylic acids is 3. The van der Waals surface area contributed by atoms with Gasteiger partial charge in [0.15, 0.2) is 12.3 Å². The van der Waals surface area contributed by atoms with Crippen molar-refractivity contribution in [1.82, 2.24) is 15.1 Å². The van der Waals surface area contributed by atoms with E-state index in [-0.39, 0.29) is 33.3 Å². The van der Waals surface area contributed by atoms with Crippen LogP contribution in [0.5, 0.6) is 5.75 Å². The van der Waals surface area contributed by atoms with Crippen molar-refractivity contribution in [2.45, 2.75) is 26.5 Å². The number of carbonyl (C=O) groups is 3. The average Bonchev–Trinajstić information content (AvgIpc) is 2.79. The van der Waals surface area contributed by atoms with Crippen molar-refractivity contribution in [2.24, 2.45) is 0 Å². The number of rotatable bonds is 8. The molecule has 9 nitrogen and oxygen atoms in total. The molecule has 0 radical (unpaired) electrons.